The summed E-state index contributed by atoms with van der Waals surface area (Å²) >= 11 is 0. The van der Waals surface area contributed by atoms with Crippen molar-refractivity contribution >= 4 is 87.0 Å². The van der Waals surface area contributed by atoms with Gasteiger partial charge in [0.2, 0.25) is 0 Å². The Bertz CT molecular complexity index is 3030. The Kier molecular flexibility index (Phi) is 8.54. The fraction of sp³-hybridized carbons (Fsp3) is 0.300. The molecule has 4 heterocycles. The van der Waals surface area contributed by atoms with Crippen molar-refractivity contribution in [2.75, 3.05) is 14.7 Å². The first kappa shape index (κ1) is 40.7. The van der Waals surface area contributed by atoms with Crippen molar-refractivity contribution in [3.63, 3.8) is 0 Å². The van der Waals surface area contributed by atoms with E-state index in [1.165, 1.54) is 119 Å². The molecular formula is C60H62BN3Si. The molecule has 5 heteroatoms. The van der Waals surface area contributed by atoms with Gasteiger partial charge in [-0.2, -0.15) is 0 Å². The monoisotopic (exact) mass is 863 g/mol. The van der Waals surface area contributed by atoms with Crippen LogP contribution in [0.25, 0.3) is 11.1 Å². The summed E-state index contributed by atoms with van der Waals surface area (Å²) < 4.78 is 0. The Labute approximate surface area is 389 Å². The number of nitrogens with zero attached hydrogens (tertiary/aromatic N) is 3. The molecule has 324 valence electrons. The highest BCUT2D eigenvalue weighted by Crippen LogP contribution is 2.63. The predicted molar refractivity (Wildman–Crippen MR) is 283 cm³/mol. The molecule has 2 unspecified atom stereocenters. The third-order valence-electron chi connectivity index (χ3n) is 16.9. The number of fused-ring (bicyclic) bond motifs is 9. The highest BCUT2D eigenvalue weighted by Gasteiger charge is 2.62. The lowest BCUT2D eigenvalue weighted by molar-refractivity contribution is 0.195. The predicted octanol–water partition coefficient (Wildman–Crippen LogP) is 12.9. The van der Waals surface area contributed by atoms with Gasteiger partial charge in [-0.15, -0.1) is 0 Å². The Hall–Kier alpha value is -5.78. The van der Waals surface area contributed by atoms with Crippen LogP contribution in [0.3, 0.4) is 0 Å². The molecular weight excluding hydrogens is 802 g/mol. The molecule has 1 fully saturated rings. The van der Waals surface area contributed by atoms with Crippen molar-refractivity contribution in [3.05, 3.63) is 162 Å². The minimum absolute atomic E-state index is 0.0262. The Balaban J connectivity index is 1.21. The van der Waals surface area contributed by atoms with Crippen LogP contribution in [0.15, 0.2) is 146 Å². The summed E-state index contributed by atoms with van der Waals surface area (Å²) in [5.41, 5.74) is 21.6. The number of rotatable bonds is 4. The molecule has 7 aromatic rings. The Morgan fingerprint density at radius 3 is 1.80 bits per heavy atom. The summed E-state index contributed by atoms with van der Waals surface area (Å²) in [6.07, 6.45) is 4.83. The van der Waals surface area contributed by atoms with E-state index in [-0.39, 0.29) is 28.5 Å². The maximum absolute atomic E-state index is 2.90. The second kappa shape index (κ2) is 13.6. The van der Waals surface area contributed by atoms with Crippen LogP contribution >= 0.6 is 0 Å². The lowest BCUT2D eigenvalue weighted by Gasteiger charge is -2.53. The molecule has 4 aliphatic heterocycles. The van der Waals surface area contributed by atoms with Crippen LogP contribution in [-0.4, -0.2) is 20.3 Å². The van der Waals surface area contributed by atoms with Crippen LogP contribution in [-0.2, 0) is 16.2 Å². The summed E-state index contributed by atoms with van der Waals surface area (Å²) in [5.74, 6) is 0. The molecule has 5 aliphatic rings. The van der Waals surface area contributed by atoms with Gasteiger partial charge in [0.25, 0.3) is 6.71 Å². The molecule has 0 saturated heterocycles. The summed E-state index contributed by atoms with van der Waals surface area (Å²) in [6.45, 7) is 24.3. The topological polar surface area (TPSA) is 9.72 Å². The van der Waals surface area contributed by atoms with Crippen molar-refractivity contribution in [1.82, 2.24) is 0 Å². The average Bonchev–Trinajstić information content (AvgIpc) is 3.50. The molecule has 0 bridgehead atoms. The third kappa shape index (κ3) is 5.60. The zero-order valence-corrected chi connectivity index (χ0v) is 41.1. The zero-order valence-electron chi connectivity index (χ0n) is 40.1. The number of para-hydroxylation sites is 2. The van der Waals surface area contributed by atoms with Crippen molar-refractivity contribution in [2.45, 2.75) is 116 Å². The SMILES string of the molecule is CC(C)(C)c1ccc(N(c2ccc(C(C)(C)C)cc2)c2cc3c4c(c2)N2c5c(cc(-c6ccccc6)cc5C5(C)CCCCC25C)B4c2cccc4c2N3c2ccccc2[Si]4(C)C)cc1. The van der Waals surface area contributed by atoms with Crippen LogP contribution in [0.5, 0.6) is 0 Å². The van der Waals surface area contributed by atoms with E-state index in [1.54, 1.807) is 0 Å². The first-order valence-corrected chi connectivity index (χ1v) is 27.3. The van der Waals surface area contributed by atoms with E-state index in [0.717, 1.165) is 6.42 Å². The second-order valence-electron chi connectivity index (χ2n) is 23.0. The van der Waals surface area contributed by atoms with Gasteiger partial charge in [-0.25, -0.2) is 0 Å². The summed E-state index contributed by atoms with van der Waals surface area (Å²) in [5, 5.41) is 3.04. The molecule has 0 radical (unpaired) electrons. The molecule has 3 nitrogen and oxygen atoms in total. The molecule has 65 heavy (non-hydrogen) atoms. The van der Waals surface area contributed by atoms with Gasteiger partial charge in [0.15, 0.2) is 0 Å². The molecule has 0 aromatic heterocycles. The van der Waals surface area contributed by atoms with Gasteiger partial charge < -0.3 is 14.7 Å². The van der Waals surface area contributed by atoms with Crippen LogP contribution in [0.2, 0.25) is 13.1 Å². The molecule has 1 aliphatic carbocycles. The molecule has 0 N–H and O–H groups in total. The van der Waals surface area contributed by atoms with Gasteiger partial charge in [0.1, 0.15) is 8.07 Å². The highest BCUT2D eigenvalue weighted by atomic mass is 28.3. The number of hydrogen-bond donors (Lipinski definition) is 0. The maximum Gasteiger partial charge on any atom is 0.252 e. The number of benzene rings is 7. The van der Waals surface area contributed by atoms with E-state index >= 15 is 0 Å². The van der Waals surface area contributed by atoms with Crippen molar-refractivity contribution in [1.29, 1.82) is 0 Å². The van der Waals surface area contributed by atoms with Gasteiger partial charge in [-0.05, 0) is 134 Å². The summed E-state index contributed by atoms with van der Waals surface area (Å²) in [6, 6.07) is 57.1. The largest absolute Gasteiger partial charge is 0.335 e. The molecule has 0 spiro atoms. The van der Waals surface area contributed by atoms with Crippen molar-refractivity contribution in [3.8, 4) is 11.1 Å². The summed E-state index contributed by atoms with van der Waals surface area (Å²) in [4.78, 5) is 8.16. The Morgan fingerprint density at radius 1 is 0.538 bits per heavy atom. The Morgan fingerprint density at radius 2 is 1.14 bits per heavy atom. The zero-order chi connectivity index (χ0) is 45.0. The van der Waals surface area contributed by atoms with E-state index in [2.05, 4.69) is 229 Å². The fourth-order valence-corrected chi connectivity index (χ4v) is 16.1. The number of anilines is 8. The quantitative estimate of drug-likeness (QED) is 0.163. The number of hydrogen-bond acceptors (Lipinski definition) is 3. The van der Waals surface area contributed by atoms with Gasteiger partial charge in [-0.3, -0.25) is 0 Å². The second-order valence-corrected chi connectivity index (χ2v) is 27.3. The smallest absolute Gasteiger partial charge is 0.252 e. The normalized spacial score (nSPS) is 20.7. The van der Waals surface area contributed by atoms with Crippen LogP contribution in [0.1, 0.15) is 97.8 Å². The lowest BCUT2D eigenvalue weighted by Crippen LogP contribution is -2.68. The van der Waals surface area contributed by atoms with Crippen LogP contribution < -0.4 is 41.5 Å². The fourth-order valence-electron chi connectivity index (χ4n) is 13.1. The van der Waals surface area contributed by atoms with E-state index < -0.39 is 8.07 Å². The minimum Gasteiger partial charge on any atom is -0.335 e. The molecule has 1 saturated carbocycles. The standard InChI is InChI=1S/C60H62BN3Si/c1-57(2,3)41-25-29-43(30-26-41)62(44-31-27-42(28-32-44)58(4,5)6)45-37-50-54-51(38-45)64-55-46(59(7)33-16-17-34-60(59,64)8)35-40(39-19-12-11-13-20-39)36-48(55)61(54)47-21-18-24-53-56(47)63(50)49-22-14-15-23-52(49)65(53,9)10/h11-15,18-32,35-38H,16-17,33-34H2,1-10H3. The lowest BCUT2D eigenvalue weighted by atomic mass is 9.33. The van der Waals surface area contributed by atoms with Gasteiger partial charge >= 0.3 is 0 Å². The molecule has 12 rings (SSSR count). The van der Waals surface area contributed by atoms with E-state index in [1.807, 2.05) is 0 Å². The molecule has 7 aromatic carbocycles. The highest BCUT2D eigenvalue weighted by molar-refractivity contribution is 7.05. The van der Waals surface area contributed by atoms with Crippen molar-refractivity contribution < 1.29 is 0 Å². The molecule has 0 amide bonds. The van der Waals surface area contributed by atoms with Crippen molar-refractivity contribution in [2.24, 2.45) is 0 Å². The van der Waals surface area contributed by atoms with E-state index in [4.69, 9.17) is 0 Å². The summed E-state index contributed by atoms with van der Waals surface area (Å²) in [7, 11) is -2.11. The van der Waals surface area contributed by atoms with Gasteiger partial charge in [-0.1, -0.05) is 171 Å². The van der Waals surface area contributed by atoms with Crippen LogP contribution in [0, 0.1) is 0 Å². The first-order valence-electron chi connectivity index (χ1n) is 24.3. The van der Waals surface area contributed by atoms with E-state index in [9.17, 15) is 0 Å². The van der Waals surface area contributed by atoms with E-state index in [0.29, 0.717) is 0 Å². The van der Waals surface area contributed by atoms with Crippen LogP contribution in [0.4, 0.5) is 45.5 Å². The maximum atomic E-state index is 2.90. The third-order valence-corrected chi connectivity index (χ3v) is 20.4. The first-order chi connectivity index (χ1) is 31.0. The molecule has 2 atom stereocenters. The van der Waals surface area contributed by atoms with Gasteiger partial charge in [0.05, 0.1) is 11.2 Å². The average molecular weight is 864 g/mol. The minimum atomic E-state index is -2.11. The van der Waals surface area contributed by atoms with Gasteiger partial charge in [0, 0.05) is 45.2 Å².